The first-order valence-corrected chi connectivity index (χ1v) is 16.0. The van der Waals surface area contributed by atoms with Crippen molar-refractivity contribution >= 4 is 33.4 Å². The van der Waals surface area contributed by atoms with Crippen molar-refractivity contribution in [1.82, 2.24) is 19.9 Å². The molecule has 0 saturated carbocycles. The number of phenols is 1. The van der Waals surface area contributed by atoms with Crippen LogP contribution in [0.3, 0.4) is 0 Å². The summed E-state index contributed by atoms with van der Waals surface area (Å²) < 4.78 is 58.9. The van der Waals surface area contributed by atoms with E-state index in [2.05, 4.69) is 19.9 Å². The minimum absolute atomic E-state index is 0.0524. The molecule has 7 rings (SSSR count). The molecular formula is C34H35F3N6O5. The molecule has 3 atom stereocenters. The second-order valence-corrected chi connectivity index (χ2v) is 12.6. The Morgan fingerprint density at radius 2 is 2.06 bits per heavy atom. The molecule has 0 bridgehead atoms. The Bertz CT molecular complexity index is 1960. The molecule has 0 spiro atoms. The van der Waals surface area contributed by atoms with Crippen molar-refractivity contribution in [2.24, 2.45) is 5.73 Å². The number of anilines is 1. The maximum Gasteiger partial charge on any atom is 0.319 e. The molecule has 4 N–H and O–H groups in total. The van der Waals surface area contributed by atoms with Crippen LogP contribution in [0.25, 0.3) is 32.9 Å². The van der Waals surface area contributed by atoms with Crippen molar-refractivity contribution in [2.75, 3.05) is 37.8 Å². The number of rotatable bonds is 9. The van der Waals surface area contributed by atoms with E-state index in [0.717, 1.165) is 25.5 Å². The Balaban J connectivity index is 1.46. The molecule has 2 fully saturated rings. The molecule has 2 saturated heterocycles. The van der Waals surface area contributed by atoms with Crippen molar-refractivity contribution in [1.29, 1.82) is 0 Å². The molecule has 1 amide bonds. The average Bonchev–Trinajstić information content (AvgIpc) is 3.53. The first-order chi connectivity index (χ1) is 23.1. The number of carbonyl (C=O) groups is 1. The summed E-state index contributed by atoms with van der Waals surface area (Å²) in [6, 6.07) is 4.77. The highest BCUT2D eigenvalue weighted by Crippen LogP contribution is 2.44. The van der Waals surface area contributed by atoms with Crippen LogP contribution in [0.4, 0.5) is 19.0 Å². The number of halogens is 3. The number of aromatic nitrogens is 3. The number of aliphatic hydroxyl groups excluding tert-OH is 1. The third kappa shape index (κ3) is 5.42. The van der Waals surface area contributed by atoms with Gasteiger partial charge in [0.2, 0.25) is 11.8 Å². The number of nitrogens with zero attached hydrogens (tertiary/aromatic N) is 5. The lowest BCUT2D eigenvalue weighted by Crippen LogP contribution is -2.43. The number of carbonyl (C=O) groups excluding carboxylic acids is 1. The van der Waals surface area contributed by atoms with Gasteiger partial charge < -0.3 is 30.3 Å². The molecule has 11 nitrogen and oxygen atoms in total. The fourth-order valence-electron chi connectivity index (χ4n) is 7.46. The monoisotopic (exact) mass is 664 g/mol. The maximum atomic E-state index is 17.0. The highest BCUT2D eigenvalue weighted by molar-refractivity contribution is 6.03. The predicted molar refractivity (Wildman–Crippen MR) is 172 cm³/mol. The van der Waals surface area contributed by atoms with E-state index in [-0.39, 0.29) is 78.3 Å². The zero-order valence-electron chi connectivity index (χ0n) is 26.3. The number of phenolic OH excluding ortho intramolecular Hbond substituents is 1. The number of pyridine rings is 1. The molecule has 14 heteroatoms. The Hall–Kier alpha value is -4.69. The molecule has 3 aliphatic rings. The van der Waals surface area contributed by atoms with Gasteiger partial charge in [0.05, 0.1) is 11.6 Å². The third-order valence-corrected chi connectivity index (χ3v) is 9.62. The molecule has 0 radical (unpaired) electrons. The second kappa shape index (κ2) is 12.4. The van der Waals surface area contributed by atoms with Crippen LogP contribution in [0.5, 0.6) is 17.6 Å². The second-order valence-electron chi connectivity index (χ2n) is 12.6. The van der Waals surface area contributed by atoms with E-state index in [1.54, 1.807) is 6.92 Å². The quantitative estimate of drug-likeness (QED) is 0.222. The van der Waals surface area contributed by atoms with Gasteiger partial charge in [0.25, 0.3) is 0 Å². The van der Waals surface area contributed by atoms with Gasteiger partial charge >= 0.3 is 6.01 Å². The molecule has 252 valence electrons. The summed E-state index contributed by atoms with van der Waals surface area (Å²) in [4.78, 5) is 29.1. The molecule has 4 aromatic rings. The predicted octanol–water partition coefficient (Wildman–Crippen LogP) is 4.30. The largest absolute Gasteiger partial charge is 0.508 e. The number of hydrogen-bond donors (Lipinski definition) is 3. The van der Waals surface area contributed by atoms with E-state index in [1.165, 1.54) is 35.4 Å². The SMILES string of the molecule is CCc1c(F)ccc2cc(O)cc(-c3nc4c5c(nc(OC[C@@]67CCCN6C[C@H](F)C7)nc5c3F)N(C=CC(N)=O)[C@@H](CCO)CO4)c12. The number of aliphatic hydroxyl groups is 1. The van der Waals surface area contributed by atoms with E-state index < -0.39 is 35.3 Å². The average molecular weight is 665 g/mol. The van der Waals surface area contributed by atoms with Crippen LogP contribution in [0.15, 0.2) is 36.5 Å². The number of aryl methyl sites for hydroxylation is 1. The number of amides is 1. The van der Waals surface area contributed by atoms with Gasteiger partial charge in [-0.25, -0.2) is 18.2 Å². The number of fused-ring (bicyclic) bond motifs is 2. The Labute approximate surface area is 273 Å². The number of ether oxygens (including phenoxy) is 2. The van der Waals surface area contributed by atoms with Crippen molar-refractivity contribution < 1.29 is 37.7 Å². The van der Waals surface area contributed by atoms with Gasteiger partial charge in [-0.1, -0.05) is 13.0 Å². The highest BCUT2D eigenvalue weighted by Gasteiger charge is 2.49. The number of aromatic hydroxyl groups is 1. The van der Waals surface area contributed by atoms with Crippen LogP contribution in [0, 0.1) is 11.6 Å². The van der Waals surface area contributed by atoms with E-state index in [9.17, 15) is 19.4 Å². The molecule has 5 heterocycles. The first-order valence-electron chi connectivity index (χ1n) is 16.0. The van der Waals surface area contributed by atoms with Gasteiger partial charge in [-0.15, -0.1) is 0 Å². The highest BCUT2D eigenvalue weighted by atomic mass is 19.1. The topological polar surface area (TPSA) is 147 Å². The Morgan fingerprint density at radius 3 is 2.83 bits per heavy atom. The molecular weight excluding hydrogens is 629 g/mol. The number of alkyl halides is 1. The van der Waals surface area contributed by atoms with Gasteiger partial charge in [0, 0.05) is 37.4 Å². The van der Waals surface area contributed by atoms with Gasteiger partial charge in [0.15, 0.2) is 11.6 Å². The molecule has 2 aromatic carbocycles. The summed E-state index contributed by atoms with van der Waals surface area (Å²) in [6.07, 6.45) is 3.84. The van der Waals surface area contributed by atoms with Crippen LogP contribution in [-0.2, 0) is 11.2 Å². The number of nitrogens with two attached hydrogens (primary N) is 1. The normalized spacial score (nSPS) is 22.4. The Kier molecular flexibility index (Phi) is 8.24. The maximum absolute atomic E-state index is 17.0. The van der Waals surface area contributed by atoms with E-state index in [1.807, 2.05) is 0 Å². The van der Waals surface area contributed by atoms with Crippen molar-refractivity contribution in [3.63, 3.8) is 0 Å². The fraction of sp³-hybridized carbons (Fsp3) is 0.412. The molecule has 2 aromatic heterocycles. The number of benzene rings is 2. The number of primary amides is 1. The standard InChI is InChI=1S/C34H35F3N6O5/c1-2-22-24(36)5-4-18-12-21(45)13-23(26(18)22)29-28(37)30-27-31(43(10-6-25(38)46)20(7-11-44)16-47-32(27)39-29)41-33(40-30)48-17-34-8-3-9-42(34)15-19(35)14-34/h4-6,10,12-13,19-20,44-45H,2-3,7-9,11,14-17H2,1H3,(H2,38,46)/t19-,20+,34+/m1/s1. The van der Waals surface area contributed by atoms with Crippen molar-refractivity contribution in [3.8, 4) is 28.9 Å². The van der Waals surface area contributed by atoms with Crippen molar-refractivity contribution in [3.05, 3.63) is 53.7 Å². The van der Waals surface area contributed by atoms with E-state index in [0.29, 0.717) is 29.3 Å². The molecule has 48 heavy (non-hydrogen) atoms. The van der Waals surface area contributed by atoms with Gasteiger partial charge in [0.1, 0.15) is 47.5 Å². The summed E-state index contributed by atoms with van der Waals surface area (Å²) in [6.45, 7) is 2.58. The van der Waals surface area contributed by atoms with Crippen LogP contribution in [0.1, 0.15) is 38.2 Å². The lowest BCUT2D eigenvalue weighted by Gasteiger charge is -2.31. The van der Waals surface area contributed by atoms with Gasteiger partial charge in [-0.3, -0.25) is 9.69 Å². The lowest BCUT2D eigenvalue weighted by molar-refractivity contribution is -0.113. The molecule has 0 unspecified atom stereocenters. The van der Waals surface area contributed by atoms with Gasteiger partial charge in [-0.2, -0.15) is 9.97 Å². The summed E-state index contributed by atoms with van der Waals surface area (Å²) in [5, 5.41) is 21.5. The van der Waals surface area contributed by atoms with E-state index >= 15 is 8.78 Å². The lowest BCUT2D eigenvalue weighted by atomic mass is 9.94. The zero-order valence-corrected chi connectivity index (χ0v) is 26.3. The third-order valence-electron chi connectivity index (χ3n) is 9.62. The summed E-state index contributed by atoms with van der Waals surface area (Å²) >= 11 is 0. The van der Waals surface area contributed by atoms with Crippen LogP contribution < -0.4 is 20.1 Å². The molecule has 0 aliphatic carbocycles. The van der Waals surface area contributed by atoms with Gasteiger partial charge in [-0.05, 0) is 66.8 Å². The number of hydrogen-bond acceptors (Lipinski definition) is 10. The minimum atomic E-state index is -0.995. The minimum Gasteiger partial charge on any atom is -0.508 e. The smallest absolute Gasteiger partial charge is 0.319 e. The zero-order chi connectivity index (χ0) is 33.7. The summed E-state index contributed by atoms with van der Waals surface area (Å²) in [7, 11) is 0. The van der Waals surface area contributed by atoms with Crippen LogP contribution >= 0.6 is 0 Å². The Morgan fingerprint density at radius 1 is 1.23 bits per heavy atom. The summed E-state index contributed by atoms with van der Waals surface area (Å²) in [5.41, 5.74) is 4.84. The summed E-state index contributed by atoms with van der Waals surface area (Å²) in [5.74, 6) is -2.29. The van der Waals surface area contributed by atoms with Crippen LogP contribution in [-0.4, -0.2) is 86.6 Å². The van der Waals surface area contributed by atoms with E-state index in [4.69, 9.17) is 15.2 Å². The van der Waals surface area contributed by atoms with Crippen LogP contribution in [0.2, 0.25) is 0 Å². The van der Waals surface area contributed by atoms with Crippen molar-refractivity contribution in [2.45, 2.75) is 56.8 Å². The molecule has 3 aliphatic heterocycles. The first kappa shape index (κ1) is 31.9. The fourth-order valence-corrected chi connectivity index (χ4v) is 7.46.